The number of amides is 2. The molecule has 2 amide bonds. The van der Waals surface area contributed by atoms with Crippen molar-refractivity contribution in [3.8, 4) is 5.69 Å². The molecule has 0 aliphatic heterocycles. The molecular weight excluding hydrogens is 498 g/mol. The normalized spacial score (nSPS) is 11.6. The Labute approximate surface area is 240 Å². The summed E-state index contributed by atoms with van der Waals surface area (Å²) in [6.45, 7) is 11.6. The molecule has 40 heavy (non-hydrogen) atoms. The first-order valence-corrected chi connectivity index (χ1v) is 14.5. The van der Waals surface area contributed by atoms with Crippen LogP contribution in [0.1, 0.15) is 80.6 Å². The topological polar surface area (TPSA) is 70.5 Å². The van der Waals surface area contributed by atoms with E-state index in [4.69, 9.17) is 5.10 Å². The van der Waals surface area contributed by atoms with Crippen LogP contribution in [0.5, 0.6) is 0 Å². The lowest BCUT2D eigenvalue weighted by Gasteiger charge is -2.24. The van der Waals surface area contributed by atoms with Gasteiger partial charge in [0.2, 0.25) is 5.91 Å². The zero-order valence-electron chi connectivity index (χ0n) is 25.5. The summed E-state index contributed by atoms with van der Waals surface area (Å²) < 4.78 is 1.79. The van der Waals surface area contributed by atoms with Crippen molar-refractivity contribution in [3.63, 3.8) is 0 Å². The van der Waals surface area contributed by atoms with Crippen molar-refractivity contribution in [1.82, 2.24) is 19.6 Å². The first-order valence-electron chi connectivity index (χ1n) is 14.5. The van der Waals surface area contributed by atoms with Crippen LogP contribution in [0.2, 0.25) is 0 Å². The summed E-state index contributed by atoms with van der Waals surface area (Å²) in [5.74, 6) is 0.198. The third-order valence-corrected chi connectivity index (χ3v) is 7.05. The molecular formula is C33H47N5O2. The summed E-state index contributed by atoms with van der Waals surface area (Å²) in [5, 5.41) is 7.89. The van der Waals surface area contributed by atoms with Gasteiger partial charge in [-0.3, -0.25) is 9.59 Å². The molecule has 0 aliphatic rings. The van der Waals surface area contributed by atoms with Gasteiger partial charge in [-0.05, 0) is 63.2 Å². The Morgan fingerprint density at radius 1 is 0.950 bits per heavy atom. The highest BCUT2D eigenvalue weighted by Gasteiger charge is 2.24. The highest BCUT2D eigenvalue weighted by atomic mass is 16.2. The minimum Gasteiger partial charge on any atom is -0.328 e. The van der Waals surface area contributed by atoms with Gasteiger partial charge in [0.05, 0.1) is 11.4 Å². The van der Waals surface area contributed by atoms with Crippen LogP contribution < -0.4 is 5.32 Å². The fourth-order valence-corrected chi connectivity index (χ4v) is 4.50. The molecule has 0 radical (unpaired) electrons. The number of anilines is 1. The molecule has 2 aromatic carbocycles. The SMILES string of the molecule is CCCCCCc1ccc(C(=O)N(CCN(C)C)CC(=O)Nc2cc(C(C)(C)C)nn2-c2ccccc2C)cc1. The number of hydrogen-bond acceptors (Lipinski definition) is 4. The van der Waals surface area contributed by atoms with E-state index in [1.165, 1.54) is 24.8 Å². The minimum atomic E-state index is -0.255. The molecule has 216 valence electrons. The Morgan fingerprint density at radius 3 is 2.27 bits per heavy atom. The molecule has 7 heteroatoms. The van der Waals surface area contributed by atoms with Gasteiger partial charge in [0.1, 0.15) is 12.4 Å². The number of nitrogens with one attached hydrogen (secondary N) is 1. The third kappa shape index (κ3) is 8.78. The molecule has 0 saturated carbocycles. The molecule has 1 heterocycles. The molecule has 0 spiro atoms. The van der Waals surface area contributed by atoms with Crippen LogP contribution in [0.3, 0.4) is 0 Å². The highest BCUT2D eigenvalue weighted by molar-refractivity contribution is 5.99. The van der Waals surface area contributed by atoms with E-state index in [0.717, 1.165) is 29.8 Å². The van der Waals surface area contributed by atoms with Crippen molar-refractivity contribution in [2.24, 2.45) is 0 Å². The predicted octanol–water partition coefficient (Wildman–Crippen LogP) is 6.24. The maximum atomic E-state index is 13.5. The Morgan fingerprint density at radius 2 is 1.65 bits per heavy atom. The van der Waals surface area contributed by atoms with Crippen LogP contribution in [0.25, 0.3) is 5.69 Å². The molecule has 1 N–H and O–H groups in total. The number of likely N-dealkylation sites (N-methyl/N-ethyl adjacent to an activating group) is 1. The molecule has 7 nitrogen and oxygen atoms in total. The number of nitrogens with zero attached hydrogens (tertiary/aromatic N) is 4. The van der Waals surface area contributed by atoms with Crippen LogP contribution in [0.4, 0.5) is 5.82 Å². The van der Waals surface area contributed by atoms with Gasteiger partial charge in [0.15, 0.2) is 0 Å². The Kier molecular flexibility index (Phi) is 11.1. The quantitative estimate of drug-likeness (QED) is 0.258. The van der Waals surface area contributed by atoms with Crippen molar-refractivity contribution in [2.75, 3.05) is 39.0 Å². The fraction of sp³-hybridized carbons (Fsp3) is 0.485. The predicted molar refractivity (Wildman–Crippen MR) is 164 cm³/mol. The number of unbranched alkanes of at least 4 members (excludes halogenated alkanes) is 3. The first kappa shape index (κ1) is 31.1. The molecule has 1 aromatic heterocycles. The van der Waals surface area contributed by atoms with Crippen molar-refractivity contribution >= 4 is 17.6 Å². The lowest BCUT2D eigenvalue weighted by atomic mass is 9.92. The zero-order valence-corrected chi connectivity index (χ0v) is 25.5. The molecule has 0 saturated heterocycles. The largest absolute Gasteiger partial charge is 0.328 e. The summed E-state index contributed by atoms with van der Waals surface area (Å²) in [6.07, 6.45) is 5.88. The van der Waals surface area contributed by atoms with E-state index in [2.05, 4.69) is 33.0 Å². The molecule has 0 fully saturated rings. The van der Waals surface area contributed by atoms with Crippen LogP contribution in [-0.4, -0.2) is 65.1 Å². The van der Waals surface area contributed by atoms with Gasteiger partial charge >= 0.3 is 0 Å². The van der Waals surface area contributed by atoms with Gasteiger partial charge in [-0.25, -0.2) is 4.68 Å². The van der Waals surface area contributed by atoms with Crippen molar-refractivity contribution in [1.29, 1.82) is 0 Å². The zero-order chi connectivity index (χ0) is 29.3. The number of carbonyl (C=O) groups excluding carboxylic acids is 2. The average molecular weight is 546 g/mol. The standard InChI is InChI=1S/C33H47N5O2/c1-8-9-10-11-15-26-17-19-27(20-18-26)32(40)37(22-21-36(6)7)24-31(39)34-30-23-29(33(3,4)5)35-38(30)28-16-13-12-14-25(28)2/h12-14,16-20,23H,8-11,15,21-22,24H2,1-7H3,(H,34,39). The monoisotopic (exact) mass is 545 g/mol. The Hall–Kier alpha value is -3.45. The van der Waals surface area contributed by atoms with Crippen LogP contribution in [0, 0.1) is 6.92 Å². The van der Waals surface area contributed by atoms with E-state index >= 15 is 0 Å². The summed E-state index contributed by atoms with van der Waals surface area (Å²) in [4.78, 5) is 30.6. The second-order valence-electron chi connectivity index (χ2n) is 11.9. The molecule has 0 atom stereocenters. The molecule has 0 aliphatic carbocycles. The molecule has 0 bridgehead atoms. The minimum absolute atomic E-state index is 0.0464. The van der Waals surface area contributed by atoms with E-state index in [9.17, 15) is 9.59 Å². The van der Waals surface area contributed by atoms with E-state index in [-0.39, 0.29) is 23.8 Å². The van der Waals surface area contributed by atoms with E-state index in [1.54, 1.807) is 9.58 Å². The lowest BCUT2D eigenvalue weighted by molar-refractivity contribution is -0.117. The number of hydrogen-bond donors (Lipinski definition) is 1. The third-order valence-electron chi connectivity index (χ3n) is 7.05. The van der Waals surface area contributed by atoms with E-state index < -0.39 is 0 Å². The first-order chi connectivity index (χ1) is 19.0. The number of rotatable bonds is 13. The summed E-state index contributed by atoms with van der Waals surface area (Å²) in [7, 11) is 3.93. The Balaban J connectivity index is 1.79. The van der Waals surface area contributed by atoms with Crippen LogP contribution in [-0.2, 0) is 16.6 Å². The van der Waals surface area contributed by atoms with Gasteiger partial charge in [-0.15, -0.1) is 0 Å². The summed E-state index contributed by atoms with van der Waals surface area (Å²) in [6, 6.07) is 17.7. The number of aryl methyl sites for hydroxylation is 2. The van der Waals surface area contributed by atoms with E-state index in [1.807, 2.05) is 80.5 Å². The number of benzene rings is 2. The van der Waals surface area contributed by atoms with Crippen molar-refractivity contribution in [2.45, 2.75) is 72.1 Å². The van der Waals surface area contributed by atoms with Crippen molar-refractivity contribution in [3.05, 3.63) is 77.0 Å². The maximum absolute atomic E-state index is 13.5. The number of para-hydroxylation sites is 1. The second kappa shape index (κ2) is 14.3. The lowest BCUT2D eigenvalue weighted by Crippen LogP contribution is -2.41. The second-order valence-corrected chi connectivity index (χ2v) is 11.9. The highest BCUT2D eigenvalue weighted by Crippen LogP contribution is 2.27. The molecule has 3 aromatic rings. The van der Waals surface area contributed by atoms with Crippen LogP contribution in [0.15, 0.2) is 54.6 Å². The fourth-order valence-electron chi connectivity index (χ4n) is 4.50. The van der Waals surface area contributed by atoms with Gasteiger partial charge in [-0.2, -0.15) is 5.10 Å². The maximum Gasteiger partial charge on any atom is 0.254 e. The smallest absolute Gasteiger partial charge is 0.254 e. The summed E-state index contributed by atoms with van der Waals surface area (Å²) >= 11 is 0. The van der Waals surface area contributed by atoms with E-state index in [0.29, 0.717) is 24.5 Å². The summed E-state index contributed by atoms with van der Waals surface area (Å²) in [5.41, 5.74) is 4.49. The number of aromatic nitrogens is 2. The average Bonchev–Trinajstić information content (AvgIpc) is 3.33. The van der Waals surface area contributed by atoms with Gasteiger partial charge in [0.25, 0.3) is 5.91 Å². The van der Waals surface area contributed by atoms with Gasteiger partial charge in [0, 0.05) is 30.1 Å². The van der Waals surface area contributed by atoms with Crippen molar-refractivity contribution < 1.29 is 9.59 Å². The number of carbonyl (C=O) groups is 2. The molecule has 0 unspecified atom stereocenters. The molecule has 3 rings (SSSR count). The van der Waals surface area contributed by atoms with Gasteiger partial charge < -0.3 is 15.1 Å². The van der Waals surface area contributed by atoms with Crippen LogP contribution >= 0.6 is 0 Å². The van der Waals surface area contributed by atoms with Gasteiger partial charge in [-0.1, -0.05) is 77.3 Å². The Bertz CT molecular complexity index is 1250.